The quantitative estimate of drug-likeness (QED) is 0.239. The highest BCUT2D eigenvalue weighted by Gasteiger charge is 2.58. The summed E-state index contributed by atoms with van der Waals surface area (Å²) in [5.41, 5.74) is -2.67. The van der Waals surface area contributed by atoms with Gasteiger partial charge in [0.15, 0.2) is 5.11 Å². The van der Waals surface area contributed by atoms with Gasteiger partial charge < -0.3 is 20.3 Å². The van der Waals surface area contributed by atoms with E-state index in [1.54, 1.807) is 18.7 Å². The van der Waals surface area contributed by atoms with E-state index in [9.17, 15) is 27.6 Å². The SMILES string of the molecule is CC1(C)C(=O)N(c2ccc(C#N)c(C(F)(F)F)c2)C(=S)N1CCCC(=O)NCCOCCNC(=O)CC12CC3CC(CC1C3)C2. The van der Waals surface area contributed by atoms with Crippen molar-refractivity contribution in [2.24, 2.45) is 23.2 Å². The number of hydrogen-bond acceptors (Lipinski definition) is 6. The summed E-state index contributed by atoms with van der Waals surface area (Å²) in [6.07, 6.45) is 2.73. The van der Waals surface area contributed by atoms with Crippen LogP contribution in [0.25, 0.3) is 0 Å². The standard InChI is InChI=1S/C32H40F3N5O4S/c1-30(2)28(43)40(24-6-5-22(19-36)25(15-24)32(33,34)35)29(45)39(30)9-3-4-26(41)37-7-10-44-11-8-38-27(42)18-31-16-20-12-21(17-31)14-23(31)13-20/h5-6,15,20-21,23H,3-4,7-14,16-18H2,1-2H3,(H,37,41)(H,38,42). The highest BCUT2D eigenvalue weighted by Crippen LogP contribution is 2.66. The van der Waals surface area contributed by atoms with Gasteiger partial charge in [-0.05, 0) is 106 Å². The van der Waals surface area contributed by atoms with Crippen LogP contribution in [0.2, 0.25) is 0 Å². The van der Waals surface area contributed by atoms with Crippen LogP contribution in [0, 0.1) is 34.5 Å². The average Bonchev–Trinajstić information content (AvgIpc) is 3.42. The molecule has 13 heteroatoms. The molecule has 244 valence electrons. The maximum absolute atomic E-state index is 13.5. The van der Waals surface area contributed by atoms with E-state index in [-0.39, 0.29) is 41.0 Å². The molecule has 0 aromatic heterocycles. The van der Waals surface area contributed by atoms with Gasteiger partial charge in [0.05, 0.1) is 36.1 Å². The fourth-order valence-electron chi connectivity index (χ4n) is 8.19. The largest absolute Gasteiger partial charge is 0.417 e. The minimum atomic E-state index is -4.77. The Balaban J connectivity index is 0.989. The van der Waals surface area contributed by atoms with Crippen molar-refractivity contribution in [2.75, 3.05) is 37.7 Å². The van der Waals surface area contributed by atoms with Crippen molar-refractivity contribution >= 4 is 40.7 Å². The number of nitrogens with zero attached hydrogens (tertiary/aromatic N) is 3. The monoisotopic (exact) mass is 647 g/mol. The van der Waals surface area contributed by atoms with E-state index in [2.05, 4.69) is 10.6 Å². The van der Waals surface area contributed by atoms with Crippen LogP contribution in [0.5, 0.6) is 0 Å². The molecule has 45 heavy (non-hydrogen) atoms. The lowest BCUT2D eigenvalue weighted by Gasteiger charge is -2.32. The fraction of sp³-hybridized carbons (Fsp3) is 0.656. The molecule has 1 aromatic rings. The predicted octanol–water partition coefficient (Wildman–Crippen LogP) is 4.53. The van der Waals surface area contributed by atoms with Gasteiger partial charge in [0.2, 0.25) is 11.8 Å². The van der Waals surface area contributed by atoms with Gasteiger partial charge in [-0.3, -0.25) is 19.3 Å². The molecule has 5 fully saturated rings. The maximum atomic E-state index is 13.5. The molecule has 1 aromatic carbocycles. The van der Waals surface area contributed by atoms with E-state index < -0.39 is 28.7 Å². The number of halogens is 3. The van der Waals surface area contributed by atoms with E-state index in [4.69, 9.17) is 22.2 Å². The zero-order valence-corrected chi connectivity index (χ0v) is 26.5. The first-order valence-corrected chi connectivity index (χ1v) is 16.0. The van der Waals surface area contributed by atoms with E-state index in [1.807, 2.05) is 0 Å². The number of carbonyl (C=O) groups excluding carboxylic acids is 3. The Morgan fingerprint density at radius 3 is 2.36 bits per heavy atom. The van der Waals surface area contributed by atoms with Gasteiger partial charge in [-0.2, -0.15) is 18.4 Å². The number of thiocarbonyl (C=S) groups is 1. The molecule has 2 atom stereocenters. The van der Waals surface area contributed by atoms with Crippen molar-refractivity contribution in [1.82, 2.24) is 15.5 Å². The lowest BCUT2D eigenvalue weighted by atomic mass is 9.73. The molecule has 5 aliphatic rings. The smallest absolute Gasteiger partial charge is 0.378 e. The highest BCUT2D eigenvalue weighted by atomic mass is 32.1. The number of hydrogen-bond donors (Lipinski definition) is 2. The third kappa shape index (κ3) is 6.82. The number of rotatable bonds is 13. The highest BCUT2D eigenvalue weighted by molar-refractivity contribution is 7.80. The number of ether oxygens (including phenoxy) is 1. The van der Waals surface area contributed by atoms with E-state index in [0.29, 0.717) is 39.1 Å². The Morgan fingerprint density at radius 1 is 1.09 bits per heavy atom. The van der Waals surface area contributed by atoms with Crippen LogP contribution in [0.4, 0.5) is 18.9 Å². The lowest BCUT2D eigenvalue weighted by molar-refractivity contribution is -0.137. The molecule has 9 nitrogen and oxygen atoms in total. The lowest BCUT2D eigenvalue weighted by Crippen LogP contribution is -2.44. The van der Waals surface area contributed by atoms with E-state index in [0.717, 1.165) is 34.8 Å². The molecule has 2 N–H and O–H groups in total. The molecule has 0 spiro atoms. The van der Waals surface area contributed by atoms with Gasteiger partial charge in [-0.25, -0.2) is 0 Å². The molecule has 6 rings (SSSR count). The second-order valence-corrected chi connectivity index (χ2v) is 13.8. The Hall–Kier alpha value is -3.24. The Labute approximate surface area is 266 Å². The number of anilines is 1. The van der Waals surface area contributed by atoms with Gasteiger partial charge >= 0.3 is 6.18 Å². The number of nitriles is 1. The molecule has 4 bridgehead atoms. The first-order chi connectivity index (χ1) is 21.2. The molecular weight excluding hydrogens is 607 g/mol. The number of nitrogens with one attached hydrogen (secondary N) is 2. The number of benzene rings is 1. The molecular formula is C32H40F3N5O4S. The van der Waals surface area contributed by atoms with Crippen LogP contribution < -0.4 is 15.5 Å². The summed E-state index contributed by atoms with van der Waals surface area (Å²) in [5.74, 6) is 1.78. The summed E-state index contributed by atoms with van der Waals surface area (Å²) in [5, 5.41) is 14.9. The van der Waals surface area contributed by atoms with Gasteiger partial charge in [0.25, 0.3) is 5.91 Å². The van der Waals surface area contributed by atoms with Crippen molar-refractivity contribution in [2.45, 2.75) is 76.9 Å². The summed E-state index contributed by atoms with van der Waals surface area (Å²) >= 11 is 5.49. The zero-order valence-electron chi connectivity index (χ0n) is 25.7. The first-order valence-electron chi connectivity index (χ1n) is 15.6. The minimum Gasteiger partial charge on any atom is -0.378 e. The fourth-order valence-corrected chi connectivity index (χ4v) is 8.70. The molecule has 4 aliphatic carbocycles. The summed E-state index contributed by atoms with van der Waals surface area (Å²) in [6, 6.07) is 4.58. The molecule has 2 unspecified atom stereocenters. The first kappa shape index (κ1) is 33.1. The van der Waals surface area contributed by atoms with Crippen LogP contribution in [0.1, 0.15) is 76.3 Å². The second kappa shape index (κ2) is 12.9. The normalized spacial score (nSPS) is 26.4. The predicted molar refractivity (Wildman–Crippen MR) is 164 cm³/mol. The molecule has 4 saturated carbocycles. The Kier molecular flexibility index (Phi) is 9.48. The average molecular weight is 648 g/mol. The van der Waals surface area contributed by atoms with Crippen LogP contribution in [-0.2, 0) is 25.3 Å². The molecule has 1 saturated heterocycles. The van der Waals surface area contributed by atoms with Crippen LogP contribution >= 0.6 is 12.2 Å². The van der Waals surface area contributed by atoms with Gasteiger partial charge in [0.1, 0.15) is 5.54 Å². The van der Waals surface area contributed by atoms with Gasteiger partial charge in [-0.15, -0.1) is 0 Å². The third-order valence-electron chi connectivity index (χ3n) is 10.1. The van der Waals surface area contributed by atoms with Gasteiger partial charge in [0, 0.05) is 32.5 Å². The minimum absolute atomic E-state index is 0.0336. The van der Waals surface area contributed by atoms with E-state index in [1.165, 1.54) is 44.2 Å². The van der Waals surface area contributed by atoms with Crippen LogP contribution in [-0.4, -0.2) is 66.1 Å². The van der Waals surface area contributed by atoms with Crippen LogP contribution in [0.3, 0.4) is 0 Å². The van der Waals surface area contributed by atoms with Gasteiger partial charge in [-0.1, -0.05) is 0 Å². The molecule has 3 amide bonds. The number of alkyl halides is 3. The summed E-state index contributed by atoms with van der Waals surface area (Å²) in [4.78, 5) is 40.8. The van der Waals surface area contributed by atoms with Crippen LogP contribution in [0.15, 0.2) is 18.2 Å². The Bertz CT molecular complexity index is 1380. The second-order valence-electron chi connectivity index (χ2n) is 13.5. The number of amides is 3. The molecule has 1 heterocycles. The van der Waals surface area contributed by atoms with Crippen molar-refractivity contribution in [3.8, 4) is 6.07 Å². The number of carbonyl (C=O) groups is 3. The maximum Gasteiger partial charge on any atom is 0.417 e. The third-order valence-corrected chi connectivity index (χ3v) is 10.5. The molecule has 1 aliphatic heterocycles. The summed E-state index contributed by atoms with van der Waals surface area (Å²) < 4.78 is 46.1. The zero-order chi connectivity index (χ0) is 32.6. The van der Waals surface area contributed by atoms with Crippen molar-refractivity contribution in [1.29, 1.82) is 5.26 Å². The van der Waals surface area contributed by atoms with E-state index >= 15 is 0 Å². The summed E-state index contributed by atoms with van der Waals surface area (Å²) in [7, 11) is 0. The van der Waals surface area contributed by atoms with Crippen molar-refractivity contribution in [3.63, 3.8) is 0 Å². The molecule has 0 radical (unpaired) electrons. The van der Waals surface area contributed by atoms with Crippen molar-refractivity contribution < 1.29 is 32.3 Å². The van der Waals surface area contributed by atoms with Crippen molar-refractivity contribution in [3.05, 3.63) is 29.3 Å². The Morgan fingerprint density at radius 2 is 1.73 bits per heavy atom. The topological polar surface area (TPSA) is 115 Å². The summed E-state index contributed by atoms with van der Waals surface area (Å²) in [6.45, 7) is 4.88.